The van der Waals surface area contributed by atoms with E-state index in [-0.39, 0.29) is 5.41 Å². The third-order valence-corrected chi connectivity index (χ3v) is 3.99. The second kappa shape index (κ2) is 2.64. The molecule has 1 aromatic carbocycles. The molecule has 0 atom stereocenters. The first-order chi connectivity index (χ1) is 6.84. The van der Waals surface area contributed by atoms with Crippen LogP contribution in [0.5, 0.6) is 0 Å². The number of rotatable bonds is 2. The summed E-state index contributed by atoms with van der Waals surface area (Å²) in [4.78, 5) is 15.4. The Morgan fingerprint density at radius 3 is 2.79 bits per heavy atom. The zero-order valence-corrected chi connectivity index (χ0v) is 8.38. The Morgan fingerprint density at radius 1 is 1.36 bits per heavy atom. The third kappa shape index (κ3) is 1.02. The largest absolute Gasteiger partial charge is 0.302 e. The van der Waals surface area contributed by atoms with Gasteiger partial charge >= 0.3 is 0 Å². The summed E-state index contributed by atoms with van der Waals surface area (Å²) in [6, 6.07) is 8.03. The Bertz CT molecular complexity index is 466. The van der Waals surface area contributed by atoms with Crippen molar-refractivity contribution in [3.8, 4) is 0 Å². The molecule has 1 saturated carbocycles. The van der Waals surface area contributed by atoms with Crippen molar-refractivity contribution < 1.29 is 4.79 Å². The van der Waals surface area contributed by atoms with Crippen LogP contribution >= 0.6 is 11.3 Å². The topological polar surface area (TPSA) is 30.0 Å². The van der Waals surface area contributed by atoms with Gasteiger partial charge in [-0.15, -0.1) is 11.3 Å². The SMILES string of the molecule is O=CC1(c2nc3ccccc3s2)CC1. The van der Waals surface area contributed by atoms with Gasteiger partial charge in [-0.3, -0.25) is 0 Å². The molecule has 1 heterocycles. The van der Waals surface area contributed by atoms with Crippen molar-refractivity contribution in [2.24, 2.45) is 0 Å². The molecule has 0 aliphatic heterocycles. The van der Waals surface area contributed by atoms with Crippen LogP contribution in [0.1, 0.15) is 17.8 Å². The molecule has 0 unspecified atom stereocenters. The van der Waals surface area contributed by atoms with Crippen molar-refractivity contribution >= 4 is 27.8 Å². The fourth-order valence-corrected chi connectivity index (χ4v) is 2.77. The van der Waals surface area contributed by atoms with Gasteiger partial charge < -0.3 is 4.79 Å². The minimum Gasteiger partial charge on any atom is -0.302 e. The molecule has 0 bridgehead atoms. The molecule has 70 valence electrons. The molecule has 0 amide bonds. The van der Waals surface area contributed by atoms with Crippen molar-refractivity contribution in [2.45, 2.75) is 18.3 Å². The van der Waals surface area contributed by atoms with E-state index in [2.05, 4.69) is 11.1 Å². The standard InChI is InChI=1S/C11H9NOS/c13-7-11(5-6-11)10-12-8-3-1-2-4-9(8)14-10/h1-4,7H,5-6H2. The zero-order valence-electron chi connectivity index (χ0n) is 7.56. The number of thiazole rings is 1. The average Bonchev–Trinajstić information content (AvgIpc) is 2.91. The Labute approximate surface area is 85.6 Å². The molecule has 0 N–H and O–H groups in total. The van der Waals surface area contributed by atoms with Crippen molar-refractivity contribution in [2.75, 3.05) is 0 Å². The summed E-state index contributed by atoms with van der Waals surface area (Å²) in [7, 11) is 0. The fourth-order valence-electron chi connectivity index (χ4n) is 1.60. The highest BCUT2D eigenvalue weighted by Crippen LogP contribution is 2.48. The highest BCUT2D eigenvalue weighted by Gasteiger charge is 2.47. The number of aromatic nitrogens is 1. The minimum absolute atomic E-state index is 0.219. The summed E-state index contributed by atoms with van der Waals surface area (Å²) in [6.07, 6.45) is 3.00. The maximum Gasteiger partial charge on any atom is 0.132 e. The number of fused-ring (bicyclic) bond motifs is 1. The Hall–Kier alpha value is -1.22. The maximum absolute atomic E-state index is 10.9. The fraction of sp³-hybridized carbons (Fsp3) is 0.273. The summed E-state index contributed by atoms with van der Waals surface area (Å²) in [5.41, 5.74) is 0.796. The van der Waals surface area contributed by atoms with Crippen molar-refractivity contribution in [3.63, 3.8) is 0 Å². The smallest absolute Gasteiger partial charge is 0.132 e. The lowest BCUT2D eigenvalue weighted by Crippen LogP contribution is -2.06. The second-order valence-corrected chi connectivity index (χ2v) is 4.79. The van der Waals surface area contributed by atoms with Crippen LogP contribution in [-0.2, 0) is 10.2 Å². The average molecular weight is 203 g/mol. The molecule has 14 heavy (non-hydrogen) atoms. The van der Waals surface area contributed by atoms with Crippen LogP contribution in [0.3, 0.4) is 0 Å². The van der Waals surface area contributed by atoms with E-state index in [4.69, 9.17) is 0 Å². The van der Waals surface area contributed by atoms with Crippen LogP contribution in [0.2, 0.25) is 0 Å². The first kappa shape index (κ1) is 8.12. The van der Waals surface area contributed by atoms with E-state index in [1.54, 1.807) is 11.3 Å². The summed E-state index contributed by atoms with van der Waals surface area (Å²) in [5.74, 6) is 0. The van der Waals surface area contributed by atoms with E-state index < -0.39 is 0 Å². The molecule has 1 aliphatic rings. The van der Waals surface area contributed by atoms with Gasteiger partial charge in [0.1, 0.15) is 11.3 Å². The number of nitrogens with zero attached hydrogens (tertiary/aromatic N) is 1. The molecule has 0 saturated heterocycles. The van der Waals surface area contributed by atoms with Crippen molar-refractivity contribution in [3.05, 3.63) is 29.3 Å². The van der Waals surface area contributed by atoms with Crippen LogP contribution in [0.25, 0.3) is 10.2 Å². The number of para-hydroxylation sites is 1. The Kier molecular flexibility index (Phi) is 1.53. The molecule has 0 radical (unpaired) electrons. The monoisotopic (exact) mass is 203 g/mol. The normalized spacial score (nSPS) is 18.3. The molecular formula is C11H9NOS. The van der Waals surface area contributed by atoms with Crippen molar-refractivity contribution in [1.29, 1.82) is 0 Å². The lowest BCUT2D eigenvalue weighted by Gasteiger charge is -1.98. The minimum atomic E-state index is -0.219. The van der Waals surface area contributed by atoms with Crippen molar-refractivity contribution in [1.82, 2.24) is 4.98 Å². The third-order valence-electron chi connectivity index (χ3n) is 2.73. The van der Waals surface area contributed by atoms with Gasteiger partial charge in [0.2, 0.25) is 0 Å². The lowest BCUT2D eigenvalue weighted by atomic mass is 10.1. The van der Waals surface area contributed by atoms with Gasteiger partial charge in [-0.2, -0.15) is 0 Å². The van der Waals surface area contributed by atoms with Crippen LogP contribution in [-0.4, -0.2) is 11.3 Å². The molecular weight excluding hydrogens is 194 g/mol. The summed E-state index contributed by atoms with van der Waals surface area (Å²) in [6.45, 7) is 0. The molecule has 3 rings (SSSR count). The van der Waals surface area contributed by atoms with Gasteiger partial charge in [0, 0.05) is 0 Å². The van der Waals surface area contributed by atoms with E-state index in [9.17, 15) is 4.79 Å². The molecule has 1 aliphatic carbocycles. The second-order valence-electron chi connectivity index (χ2n) is 3.76. The Balaban J connectivity index is 2.19. The summed E-state index contributed by atoms with van der Waals surface area (Å²) >= 11 is 1.65. The molecule has 3 heteroatoms. The van der Waals surface area contributed by atoms with Gasteiger partial charge in [0.15, 0.2) is 0 Å². The quantitative estimate of drug-likeness (QED) is 0.702. The number of aldehydes is 1. The van der Waals surface area contributed by atoms with Gasteiger partial charge in [0.05, 0.1) is 15.6 Å². The first-order valence-electron chi connectivity index (χ1n) is 4.66. The van der Waals surface area contributed by atoms with Gasteiger partial charge in [-0.25, -0.2) is 4.98 Å². The van der Waals surface area contributed by atoms with E-state index in [0.29, 0.717) is 0 Å². The highest BCUT2D eigenvalue weighted by molar-refractivity contribution is 7.18. The predicted molar refractivity (Wildman–Crippen MR) is 56.6 cm³/mol. The molecule has 0 spiro atoms. The van der Waals surface area contributed by atoms with E-state index in [1.807, 2.05) is 18.2 Å². The van der Waals surface area contributed by atoms with Crippen LogP contribution in [0.15, 0.2) is 24.3 Å². The van der Waals surface area contributed by atoms with Crippen LogP contribution in [0, 0.1) is 0 Å². The van der Waals surface area contributed by atoms with Gasteiger partial charge in [-0.05, 0) is 25.0 Å². The van der Waals surface area contributed by atoms with Gasteiger partial charge in [-0.1, -0.05) is 12.1 Å². The van der Waals surface area contributed by atoms with Crippen LogP contribution < -0.4 is 0 Å². The van der Waals surface area contributed by atoms with E-state index >= 15 is 0 Å². The molecule has 2 aromatic rings. The molecule has 2 nitrogen and oxygen atoms in total. The number of carbonyl (C=O) groups excluding carboxylic acids is 1. The van der Waals surface area contributed by atoms with Crippen LogP contribution in [0.4, 0.5) is 0 Å². The van der Waals surface area contributed by atoms with E-state index in [0.717, 1.165) is 29.7 Å². The highest BCUT2D eigenvalue weighted by atomic mass is 32.1. The first-order valence-corrected chi connectivity index (χ1v) is 5.48. The van der Waals surface area contributed by atoms with Gasteiger partial charge in [0.25, 0.3) is 0 Å². The van der Waals surface area contributed by atoms with E-state index in [1.165, 1.54) is 4.70 Å². The lowest BCUT2D eigenvalue weighted by molar-refractivity contribution is -0.109. The number of hydrogen-bond donors (Lipinski definition) is 0. The summed E-state index contributed by atoms with van der Waals surface area (Å²) in [5, 5.41) is 0.994. The number of benzene rings is 1. The molecule has 1 fully saturated rings. The Morgan fingerprint density at radius 2 is 2.14 bits per heavy atom. The predicted octanol–water partition coefficient (Wildman–Crippen LogP) is 2.53. The number of carbonyl (C=O) groups is 1. The molecule has 1 aromatic heterocycles. The zero-order chi connectivity index (χ0) is 9.60. The maximum atomic E-state index is 10.9. The summed E-state index contributed by atoms with van der Waals surface area (Å²) < 4.78 is 1.18. The number of hydrogen-bond acceptors (Lipinski definition) is 3.